The zero-order chi connectivity index (χ0) is 25.0. The van der Waals surface area contributed by atoms with Gasteiger partial charge in [0.05, 0.1) is 28.2 Å². The molecule has 4 aromatic carbocycles. The van der Waals surface area contributed by atoms with Gasteiger partial charge in [-0.1, -0.05) is 90.5 Å². The maximum Gasteiger partial charge on any atom is 0.276 e. The van der Waals surface area contributed by atoms with E-state index in [1.165, 1.54) is 6.21 Å². The summed E-state index contributed by atoms with van der Waals surface area (Å²) in [6.45, 7) is 1.90. The minimum absolute atomic E-state index is 0.168. The van der Waals surface area contributed by atoms with E-state index in [1.54, 1.807) is 24.3 Å². The number of nitrogens with zero attached hydrogens (tertiary/aromatic N) is 3. The van der Waals surface area contributed by atoms with Crippen molar-refractivity contribution >= 4 is 16.2 Å². The van der Waals surface area contributed by atoms with Crippen LogP contribution in [0.4, 0.5) is 0 Å². The molecular weight excluding hydrogens is 468 g/mol. The second-order valence-electron chi connectivity index (χ2n) is 8.32. The molecule has 6 nitrogen and oxygen atoms in total. The fraction of sp³-hybridized carbons (Fsp3) is 0.0345. The lowest BCUT2D eigenvalue weighted by atomic mass is 10.1. The standard InChI is InChI=1S/C29H24N4O2S/c1-22-12-18-27(19-13-22)36(34,35)32-30-21-23-14-16-26(17-15-23)33-29(25-10-6-3-7-11-25)20-28(31-33)24-8-4-2-5-9-24/h2-21,32H,1H3/b30-21+. The van der Waals surface area contributed by atoms with Crippen molar-refractivity contribution in [2.24, 2.45) is 5.10 Å². The van der Waals surface area contributed by atoms with Gasteiger partial charge in [0, 0.05) is 11.1 Å². The molecule has 0 aliphatic carbocycles. The van der Waals surface area contributed by atoms with Gasteiger partial charge in [0.2, 0.25) is 0 Å². The number of rotatable bonds is 7. The highest BCUT2D eigenvalue weighted by Crippen LogP contribution is 2.28. The number of hydrogen-bond acceptors (Lipinski definition) is 4. The van der Waals surface area contributed by atoms with Crippen LogP contribution in [0.1, 0.15) is 11.1 Å². The lowest BCUT2D eigenvalue weighted by molar-refractivity contribution is 0.584. The Morgan fingerprint density at radius 1 is 0.778 bits per heavy atom. The summed E-state index contributed by atoms with van der Waals surface area (Å²) in [5.74, 6) is 0. The molecular formula is C29H24N4O2S. The van der Waals surface area contributed by atoms with Gasteiger partial charge in [-0.2, -0.15) is 18.6 Å². The molecule has 0 spiro atoms. The van der Waals surface area contributed by atoms with Gasteiger partial charge in [0.1, 0.15) is 0 Å². The Hall–Kier alpha value is -4.49. The molecule has 1 heterocycles. The minimum Gasteiger partial charge on any atom is -0.232 e. The smallest absolute Gasteiger partial charge is 0.232 e. The first kappa shape index (κ1) is 23.3. The number of hydrogen-bond donors (Lipinski definition) is 1. The third kappa shape index (κ3) is 5.11. The second-order valence-corrected chi connectivity index (χ2v) is 9.98. The fourth-order valence-corrected chi connectivity index (χ4v) is 4.58. The second kappa shape index (κ2) is 10.0. The highest BCUT2D eigenvalue weighted by Gasteiger charge is 2.14. The van der Waals surface area contributed by atoms with E-state index in [2.05, 4.69) is 28.1 Å². The molecule has 0 atom stereocenters. The van der Waals surface area contributed by atoms with E-state index < -0.39 is 10.0 Å². The minimum atomic E-state index is -3.72. The van der Waals surface area contributed by atoms with Gasteiger partial charge in [-0.15, -0.1) is 0 Å². The van der Waals surface area contributed by atoms with Gasteiger partial charge >= 0.3 is 0 Å². The Labute approximate surface area is 210 Å². The zero-order valence-corrected chi connectivity index (χ0v) is 20.4. The molecule has 5 rings (SSSR count). The Morgan fingerprint density at radius 2 is 1.39 bits per heavy atom. The van der Waals surface area contributed by atoms with E-state index >= 15 is 0 Å². The number of benzene rings is 4. The summed E-state index contributed by atoms with van der Waals surface area (Å²) >= 11 is 0. The summed E-state index contributed by atoms with van der Waals surface area (Å²) in [6, 6.07) is 36.5. The van der Waals surface area contributed by atoms with Crippen molar-refractivity contribution in [1.29, 1.82) is 0 Å². The van der Waals surface area contributed by atoms with Crippen LogP contribution < -0.4 is 4.83 Å². The fourth-order valence-electron chi connectivity index (χ4n) is 3.78. The Balaban J connectivity index is 1.40. The average molecular weight is 493 g/mol. The van der Waals surface area contributed by atoms with Crippen molar-refractivity contribution in [2.45, 2.75) is 11.8 Å². The van der Waals surface area contributed by atoms with Crippen LogP contribution >= 0.6 is 0 Å². The Morgan fingerprint density at radius 3 is 2.03 bits per heavy atom. The molecule has 0 radical (unpaired) electrons. The molecule has 0 amide bonds. The van der Waals surface area contributed by atoms with Crippen molar-refractivity contribution in [3.05, 3.63) is 126 Å². The van der Waals surface area contributed by atoms with Crippen LogP contribution in [0.5, 0.6) is 0 Å². The third-order valence-corrected chi connectivity index (χ3v) is 6.94. The molecule has 0 saturated carbocycles. The van der Waals surface area contributed by atoms with E-state index in [-0.39, 0.29) is 4.90 Å². The lowest BCUT2D eigenvalue weighted by Crippen LogP contribution is -2.18. The maximum absolute atomic E-state index is 12.4. The molecule has 0 saturated heterocycles. The third-order valence-electron chi connectivity index (χ3n) is 5.70. The number of aryl methyl sites for hydroxylation is 1. The zero-order valence-electron chi connectivity index (χ0n) is 19.6. The molecule has 1 aromatic heterocycles. The van der Waals surface area contributed by atoms with Gasteiger partial charge in [0.25, 0.3) is 10.0 Å². The molecule has 7 heteroatoms. The van der Waals surface area contributed by atoms with Gasteiger partial charge in [-0.05, 0) is 42.8 Å². The van der Waals surface area contributed by atoms with E-state index in [0.717, 1.165) is 39.3 Å². The van der Waals surface area contributed by atoms with Gasteiger partial charge in [-0.3, -0.25) is 0 Å². The number of sulfonamides is 1. The van der Waals surface area contributed by atoms with Gasteiger partial charge in [0.15, 0.2) is 0 Å². The number of hydrazone groups is 1. The van der Waals surface area contributed by atoms with Crippen LogP contribution in [0.25, 0.3) is 28.2 Å². The largest absolute Gasteiger partial charge is 0.276 e. The Bertz CT molecular complexity index is 1590. The summed E-state index contributed by atoms with van der Waals surface area (Å²) in [5, 5.41) is 8.82. The van der Waals surface area contributed by atoms with Crippen LogP contribution in [0.2, 0.25) is 0 Å². The predicted molar refractivity (Wildman–Crippen MR) is 144 cm³/mol. The van der Waals surface area contributed by atoms with E-state index in [0.29, 0.717) is 0 Å². The van der Waals surface area contributed by atoms with Gasteiger partial charge in [-0.25, -0.2) is 9.51 Å². The van der Waals surface area contributed by atoms with Crippen LogP contribution in [-0.4, -0.2) is 24.4 Å². The lowest BCUT2D eigenvalue weighted by Gasteiger charge is -2.08. The molecule has 0 bridgehead atoms. The highest BCUT2D eigenvalue weighted by molar-refractivity contribution is 7.89. The molecule has 0 aliphatic heterocycles. The normalized spacial score (nSPS) is 11.6. The van der Waals surface area contributed by atoms with Crippen molar-refractivity contribution in [1.82, 2.24) is 14.6 Å². The summed E-state index contributed by atoms with van der Waals surface area (Å²) < 4.78 is 26.8. The SMILES string of the molecule is Cc1ccc(S(=O)(=O)N/N=C/c2ccc(-n3nc(-c4ccccc4)cc3-c3ccccc3)cc2)cc1. The van der Waals surface area contributed by atoms with Crippen LogP contribution in [-0.2, 0) is 10.0 Å². The summed E-state index contributed by atoms with van der Waals surface area (Å²) in [4.78, 5) is 2.43. The quantitative estimate of drug-likeness (QED) is 0.229. The highest BCUT2D eigenvalue weighted by atomic mass is 32.2. The van der Waals surface area contributed by atoms with Crippen molar-refractivity contribution in [2.75, 3.05) is 0 Å². The summed E-state index contributed by atoms with van der Waals surface area (Å²) in [5.41, 5.74) is 6.57. The molecule has 0 fully saturated rings. The molecule has 0 unspecified atom stereocenters. The van der Waals surface area contributed by atoms with Crippen LogP contribution in [0.3, 0.4) is 0 Å². The van der Waals surface area contributed by atoms with Crippen molar-refractivity contribution in [3.63, 3.8) is 0 Å². The molecule has 1 N–H and O–H groups in total. The molecule has 36 heavy (non-hydrogen) atoms. The topological polar surface area (TPSA) is 76.3 Å². The average Bonchev–Trinajstić information content (AvgIpc) is 3.36. The van der Waals surface area contributed by atoms with Crippen LogP contribution in [0.15, 0.2) is 125 Å². The number of aromatic nitrogens is 2. The first-order valence-corrected chi connectivity index (χ1v) is 12.9. The predicted octanol–water partition coefficient (Wildman–Crippen LogP) is 5.83. The summed E-state index contributed by atoms with van der Waals surface area (Å²) in [6.07, 6.45) is 1.48. The van der Waals surface area contributed by atoms with E-state index in [1.807, 2.05) is 84.4 Å². The first-order chi connectivity index (χ1) is 17.5. The van der Waals surface area contributed by atoms with Crippen LogP contribution in [0, 0.1) is 6.92 Å². The van der Waals surface area contributed by atoms with E-state index in [9.17, 15) is 8.42 Å². The first-order valence-electron chi connectivity index (χ1n) is 11.4. The monoisotopic (exact) mass is 492 g/mol. The Kier molecular flexibility index (Phi) is 6.47. The maximum atomic E-state index is 12.4. The molecule has 178 valence electrons. The molecule has 0 aliphatic rings. The molecule has 5 aromatic rings. The van der Waals surface area contributed by atoms with Crippen molar-refractivity contribution < 1.29 is 8.42 Å². The van der Waals surface area contributed by atoms with Crippen molar-refractivity contribution in [3.8, 4) is 28.2 Å². The van der Waals surface area contributed by atoms with Gasteiger partial charge < -0.3 is 0 Å². The number of nitrogens with one attached hydrogen (secondary N) is 1. The van der Waals surface area contributed by atoms with E-state index in [4.69, 9.17) is 5.10 Å². The summed E-state index contributed by atoms with van der Waals surface area (Å²) in [7, 11) is -3.72.